The van der Waals surface area contributed by atoms with Gasteiger partial charge in [-0.25, -0.2) is 0 Å². The Morgan fingerprint density at radius 3 is 2.28 bits per heavy atom. The van der Waals surface area contributed by atoms with Gasteiger partial charge in [0.05, 0.1) is 27.2 Å². The maximum atomic E-state index is 12.7. The van der Waals surface area contributed by atoms with Gasteiger partial charge in [0.1, 0.15) is 23.4 Å². The van der Waals surface area contributed by atoms with Gasteiger partial charge in [0, 0.05) is 17.3 Å². The summed E-state index contributed by atoms with van der Waals surface area (Å²) >= 11 is 23.7. The Morgan fingerprint density at radius 1 is 0.972 bits per heavy atom. The van der Waals surface area contributed by atoms with Gasteiger partial charge in [-0.05, 0) is 49.0 Å². The molecule has 2 aromatic rings. The lowest BCUT2D eigenvalue weighted by Crippen LogP contribution is -2.56. The third-order valence-electron chi connectivity index (χ3n) is 5.13. The number of carbonyl (C=O) groups is 1. The normalized spacial score (nSPS) is 11.8. The molecule has 0 aliphatic heterocycles. The highest BCUT2D eigenvalue weighted by atomic mass is 35.6. The van der Waals surface area contributed by atoms with Gasteiger partial charge in [0.25, 0.3) is 0 Å². The number of methoxy groups -OCH3 is 2. The fourth-order valence-corrected chi connectivity index (χ4v) is 3.80. The highest BCUT2D eigenvalue weighted by molar-refractivity contribution is 7.80. The smallest absolute Gasteiger partial charge is 0.228 e. The SMILES string of the molecule is CCCCCCOc1ccc(NC(=S)NC(NC(=O)Cc2ccc(OC)cc2OC)C(Cl)(Cl)Cl)cc1. The highest BCUT2D eigenvalue weighted by Gasteiger charge is 2.34. The molecule has 11 heteroatoms. The van der Waals surface area contributed by atoms with Crippen LogP contribution in [0.2, 0.25) is 0 Å². The van der Waals surface area contributed by atoms with Crippen LogP contribution >= 0.6 is 47.0 Å². The van der Waals surface area contributed by atoms with Crippen LogP contribution in [0, 0.1) is 0 Å². The van der Waals surface area contributed by atoms with Crippen molar-refractivity contribution in [3.63, 3.8) is 0 Å². The Hall–Kier alpha value is -2.13. The molecule has 2 aromatic carbocycles. The Morgan fingerprint density at radius 2 is 1.67 bits per heavy atom. The number of hydrogen-bond acceptors (Lipinski definition) is 5. The van der Waals surface area contributed by atoms with Crippen molar-refractivity contribution in [2.45, 2.75) is 49.0 Å². The predicted molar refractivity (Wildman–Crippen MR) is 151 cm³/mol. The van der Waals surface area contributed by atoms with E-state index in [1.807, 2.05) is 24.3 Å². The van der Waals surface area contributed by atoms with Gasteiger partial charge in [-0.2, -0.15) is 0 Å². The first kappa shape index (κ1) is 30.1. The van der Waals surface area contributed by atoms with E-state index in [0.29, 0.717) is 29.4 Å². The number of rotatable bonds is 13. The Bertz CT molecular complexity index is 988. The number of unbranched alkanes of at least 4 members (excludes halogenated alkanes) is 3. The molecule has 0 heterocycles. The van der Waals surface area contributed by atoms with E-state index >= 15 is 0 Å². The maximum absolute atomic E-state index is 12.7. The zero-order valence-electron chi connectivity index (χ0n) is 20.5. The van der Waals surface area contributed by atoms with Crippen molar-refractivity contribution >= 4 is 63.7 Å². The lowest BCUT2D eigenvalue weighted by molar-refractivity contribution is -0.121. The molecular formula is C25H32Cl3N3O4S. The predicted octanol–water partition coefficient (Wildman–Crippen LogP) is 6.00. The van der Waals surface area contributed by atoms with Gasteiger partial charge in [0.15, 0.2) is 5.11 Å². The number of ether oxygens (including phenoxy) is 3. The molecule has 0 aliphatic carbocycles. The van der Waals surface area contributed by atoms with Crippen molar-refractivity contribution in [2.24, 2.45) is 0 Å². The second-order valence-corrected chi connectivity index (χ2v) is 10.7. The first-order valence-corrected chi connectivity index (χ1v) is 13.1. The lowest BCUT2D eigenvalue weighted by atomic mass is 10.1. The molecule has 0 aromatic heterocycles. The molecule has 3 N–H and O–H groups in total. The van der Waals surface area contributed by atoms with Crippen molar-refractivity contribution in [1.29, 1.82) is 0 Å². The monoisotopic (exact) mass is 575 g/mol. The summed E-state index contributed by atoms with van der Waals surface area (Å²) in [6.45, 7) is 2.86. The van der Waals surface area contributed by atoms with Gasteiger partial charge >= 0.3 is 0 Å². The molecule has 0 bridgehead atoms. The van der Waals surface area contributed by atoms with Gasteiger partial charge in [-0.3, -0.25) is 4.79 Å². The standard InChI is InChI=1S/C25H32Cl3N3O4S/c1-4-5-6-7-14-35-19-12-9-18(10-13-19)29-24(36)31-23(25(26,27)28)30-22(32)15-17-8-11-20(33-2)16-21(17)34-3/h8-13,16,23H,4-7,14-15H2,1-3H3,(H,30,32)(H2,29,31,36). The van der Waals surface area contributed by atoms with Gasteiger partial charge < -0.3 is 30.2 Å². The molecular weight excluding hydrogens is 545 g/mol. The first-order valence-electron chi connectivity index (χ1n) is 11.5. The number of hydrogen-bond donors (Lipinski definition) is 3. The van der Waals surface area contributed by atoms with E-state index in [0.717, 1.165) is 18.6 Å². The summed E-state index contributed by atoms with van der Waals surface area (Å²) in [7, 11) is 3.06. The fraction of sp³-hybridized carbons (Fsp3) is 0.440. The van der Waals surface area contributed by atoms with Crippen molar-refractivity contribution in [3.8, 4) is 17.2 Å². The van der Waals surface area contributed by atoms with Crippen LogP contribution in [0.15, 0.2) is 42.5 Å². The number of nitrogens with one attached hydrogen (secondary N) is 3. The Kier molecular flexibility index (Phi) is 12.7. The van der Waals surface area contributed by atoms with Crippen molar-refractivity contribution < 1.29 is 19.0 Å². The number of carbonyl (C=O) groups excluding carboxylic acids is 1. The van der Waals surface area contributed by atoms with Crippen LogP contribution < -0.4 is 30.2 Å². The average Bonchev–Trinajstić information content (AvgIpc) is 2.84. The summed E-state index contributed by atoms with van der Waals surface area (Å²) in [6.07, 6.45) is 3.48. The number of amides is 1. The second kappa shape index (κ2) is 15.2. The molecule has 0 spiro atoms. The van der Waals surface area contributed by atoms with Gasteiger partial charge in [-0.15, -0.1) is 0 Å². The summed E-state index contributed by atoms with van der Waals surface area (Å²) in [5.74, 6) is 1.50. The third-order valence-corrected chi connectivity index (χ3v) is 6.01. The lowest BCUT2D eigenvalue weighted by Gasteiger charge is -2.28. The summed E-state index contributed by atoms with van der Waals surface area (Å²) in [5, 5.41) is 8.70. The topological polar surface area (TPSA) is 80.9 Å². The van der Waals surface area contributed by atoms with E-state index in [-0.39, 0.29) is 11.5 Å². The minimum Gasteiger partial charge on any atom is -0.497 e. The van der Waals surface area contributed by atoms with Crippen molar-refractivity contribution in [2.75, 3.05) is 26.1 Å². The van der Waals surface area contributed by atoms with E-state index in [1.165, 1.54) is 20.0 Å². The number of anilines is 1. The third kappa shape index (κ3) is 10.5. The highest BCUT2D eigenvalue weighted by Crippen LogP contribution is 2.30. The number of benzene rings is 2. The minimum atomic E-state index is -1.87. The Balaban J connectivity index is 1.92. The molecule has 36 heavy (non-hydrogen) atoms. The molecule has 198 valence electrons. The van der Waals surface area contributed by atoms with E-state index in [4.69, 9.17) is 61.2 Å². The van der Waals surface area contributed by atoms with E-state index in [2.05, 4.69) is 22.9 Å². The van der Waals surface area contributed by atoms with Crippen LogP contribution in [0.3, 0.4) is 0 Å². The molecule has 0 aliphatic rings. The summed E-state index contributed by atoms with van der Waals surface area (Å²) < 4.78 is 14.4. The van der Waals surface area contributed by atoms with Gasteiger partial charge in [-0.1, -0.05) is 67.1 Å². The van der Waals surface area contributed by atoms with Crippen LogP contribution in [-0.4, -0.2) is 41.8 Å². The van der Waals surface area contributed by atoms with Crippen LogP contribution in [-0.2, 0) is 11.2 Å². The minimum absolute atomic E-state index is 0.00775. The molecule has 7 nitrogen and oxygen atoms in total. The van der Waals surface area contributed by atoms with Crippen LogP contribution in [0.4, 0.5) is 5.69 Å². The number of alkyl halides is 3. The van der Waals surface area contributed by atoms with Crippen molar-refractivity contribution in [3.05, 3.63) is 48.0 Å². The molecule has 1 atom stereocenters. The second-order valence-electron chi connectivity index (χ2n) is 7.93. The molecule has 0 saturated heterocycles. The molecule has 0 saturated carbocycles. The average molecular weight is 577 g/mol. The zero-order valence-corrected chi connectivity index (χ0v) is 23.6. The van der Waals surface area contributed by atoms with Crippen molar-refractivity contribution in [1.82, 2.24) is 10.6 Å². The molecule has 0 radical (unpaired) electrons. The molecule has 1 amide bonds. The molecule has 2 rings (SSSR count). The van der Waals surface area contributed by atoms with Crippen LogP contribution in [0.1, 0.15) is 38.2 Å². The largest absolute Gasteiger partial charge is 0.497 e. The summed E-state index contributed by atoms with van der Waals surface area (Å²) in [6, 6.07) is 12.5. The zero-order chi connectivity index (χ0) is 26.6. The molecule has 1 unspecified atom stereocenters. The van der Waals surface area contributed by atoms with Gasteiger partial charge in [0.2, 0.25) is 9.70 Å². The summed E-state index contributed by atoms with van der Waals surface area (Å²) in [4.78, 5) is 12.7. The Labute approximate surface area is 233 Å². The maximum Gasteiger partial charge on any atom is 0.228 e. The summed E-state index contributed by atoms with van der Waals surface area (Å²) in [5.41, 5.74) is 1.36. The number of thiocarbonyl (C=S) groups is 1. The quantitative estimate of drug-likeness (QED) is 0.117. The van der Waals surface area contributed by atoms with Crippen LogP contribution in [0.25, 0.3) is 0 Å². The number of halogens is 3. The molecule has 0 fully saturated rings. The van der Waals surface area contributed by atoms with E-state index in [9.17, 15) is 4.79 Å². The van der Waals surface area contributed by atoms with Crippen LogP contribution in [0.5, 0.6) is 17.2 Å². The van der Waals surface area contributed by atoms with E-state index in [1.54, 1.807) is 25.3 Å². The fourth-order valence-electron chi connectivity index (χ4n) is 3.23. The first-order chi connectivity index (χ1) is 17.2. The van der Waals surface area contributed by atoms with E-state index < -0.39 is 15.9 Å².